The molecule has 1 atom stereocenters. The standard InChI is InChI=1S/C24H24FN5O2/c1-17-14-29(16-27-17)21-9-3-18(13-22(21)31-2)4-10-23-28-32-24(15-26-11-12-30(23)24)19-5-7-20(25)8-6-19/h3-10,13-14,16,26H,11-12,15H2,1-2H3/b10-4+. The maximum absolute atomic E-state index is 13.5. The first-order chi connectivity index (χ1) is 15.6. The van der Waals surface area contributed by atoms with E-state index in [2.05, 4.69) is 20.4 Å². The normalized spacial score (nSPS) is 20.2. The molecule has 32 heavy (non-hydrogen) atoms. The first kappa shape index (κ1) is 20.3. The second-order valence-corrected chi connectivity index (χ2v) is 7.85. The SMILES string of the molecule is COc1cc(/C=C/C2=NOC3(c4ccc(F)cc4)CNCCN23)ccc1-n1cnc(C)c1. The lowest BCUT2D eigenvalue weighted by Crippen LogP contribution is -2.58. The zero-order valence-electron chi connectivity index (χ0n) is 18.0. The number of hydrogen-bond donors (Lipinski definition) is 1. The topological polar surface area (TPSA) is 63.9 Å². The van der Waals surface area contributed by atoms with Gasteiger partial charge < -0.3 is 24.4 Å². The fourth-order valence-corrected chi connectivity index (χ4v) is 4.15. The molecule has 8 heteroatoms. The number of fused-ring (bicyclic) bond motifs is 1. The Morgan fingerprint density at radius 2 is 2.03 bits per heavy atom. The molecule has 1 aromatic heterocycles. The number of imidazole rings is 1. The summed E-state index contributed by atoms with van der Waals surface area (Å²) in [5.74, 6) is 1.20. The fourth-order valence-electron chi connectivity index (χ4n) is 4.15. The molecule has 0 bridgehead atoms. The van der Waals surface area contributed by atoms with Gasteiger partial charge in [-0.2, -0.15) is 0 Å². The van der Waals surface area contributed by atoms with Gasteiger partial charge in [0.25, 0.3) is 0 Å². The number of methoxy groups -OCH3 is 1. The second-order valence-electron chi connectivity index (χ2n) is 7.85. The molecule has 1 N–H and O–H groups in total. The van der Waals surface area contributed by atoms with Crippen LogP contribution in [0.4, 0.5) is 4.39 Å². The highest BCUT2D eigenvalue weighted by atomic mass is 19.1. The van der Waals surface area contributed by atoms with Crippen LogP contribution in [-0.4, -0.2) is 47.0 Å². The van der Waals surface area contributed by atoms with Crippen LogP contribution < -0.4 is 10.1 Å². The lowest BCUT2D eigenvalue weighted by atomic mass is 9.98. The van der Waals surface area contributed by atoms with Gasteiger partial charge in [-0.05, 0) is 42.8 Å². The molecule has 0 spiro atoms. The first-order valence-corrected chi connectivity index (χ1v) is 10.5. The van der Waals surface area contributed by atoms with Crippen molar-refractivity contribution in [2.75, 3.05) is 26.7 Å². The van der Waals surface area contributed by atoms with Crippen LogP contribution in [0.1, 0.15) is 16.8 Å². The molecule has 1 fully saturated rings. The lowest BCUT2D eigenvalue weighted by Gasteiger charge is -2.41. The van der Waals surface area contributed by atoms with Crippen LogP contribution in [0.3, 0.4) is 0 Å². The maximum atomic E-state index is 13.5. The number of halogens is 1. The molecule has 3 heterocycles. The predicted octanol–water partition coefficient (Wildman–Crippen LogP) is 3.44. The van der Waals surface area contributed by atoms with Gasteiger partial charge >= 0.3 is 0 Å². The number of piperazine rings is 1. The Morgan fingerprint density at radius 1 is 1.19 bits per heavy atom. The van der Waals surface area contributed by atoms with E-state index >= 15 is 0 Å². The molecule has 2 aliphatic rings. The smallest absolute Gasteiger partial charge is 0.249 e. The van der Waals surface area contributed by atoms with Crippen LogP contribution in [0.2, 0.25) is 0 Å². The summed E-state index contributed by atoms with van der Waals surface area (Å²) >= 11 is 0. The number of rotatable bonds is 5. The van der Waals surface area contributed by atoms with E-state index in [1.165, 1.54) is 12.1 Å². The Bertz CT molecular complexity index is 1190. The number of aryl methyl sites for hydroxylation is 1. The van der Waals surface area contributed by atoms with Gasteiger partial charge in [-0.25, -0.2) is 9.37 Å². The van der Waals surface area contributed by atoms with Crippen LogP contribution in [-0.2, 0) is 10.6 Å². The van der Waals surface area contributed by atoms with Crippen LogP contribution in [0.5, 0.6) is 5.75 Å². The zero-order chi connectivity index (χ0) is 22.1. The summed E-state index contributed by atoms with van der Waals surface area (Å²) in [4.78, 5) is 12.3. The number of ether oxygens (including phenoxy) is 1. The minimum absolute atomic E-state index is 0.275. The summed E-state index contributed by atoms with van der Waals surface area (Å²) in [6.07, 6.45) is 7.65. The number of nitrogens with zero attached hydrogens (tertiary/aromatic N) is 4. The van der Waals surface area contributed by atoms with Gasteiger partial charge in [-0.1, -0.05) is 29.4 Å². The predicted molar refractivity (Wildman–Crippen MR) is 120 cm³/mol. The summed E-state index contributed by atoms with van der Waals surface area (Å²) in [5.41, 5.74) is 2.92. The van der Waals surface area contributed by atoms with Crippen molar-refractivity contribution in [3.8, 4) is 11.4 Å². The maximum Gasteiger partial charge on any atom is 0.249 e. The summed E-state index contributed by atoms with van der Waals surface area (Å²) < 4.78 is 21.0. The molecule has 0 saturated carbocycles. The number of benzene rings is 2. The average Bonchev–Trinajstić information content (AvgIpc) is 3.42. The minimum Gasteiger partial charge on any atom is -0.495 e. The largest absolute Gasteiger partial charge is 0.495 e. The lowest BCUT2D eigenvalue weighted by molar-refractivity contribution is -0.115. The van der Waals surface area contributed by atoms with Crippen LogP contribution in [0, 0.1) is 12.7 Å². The first-order valence-electron chi connectivity index (χ1n) is 10.5. The molecule has 2 aliphatic heterocycles. The fraction of sp³-hybridized carbons (Fsp3) is 0.250. The van der Waals surface area contributed by atoms with E-state index in [-0.39, 0.29) is 5.82 Å². The van der Waals surface area contributed by atoms with Gasteiger partial charge in [0.1, 0.15) is 11.6 Å². The van der Waals surface area contributed by atoms with Crippen molar-refractivity contribution in [3.63, 3.8) is 0 Å². The van der Waals surface area contributed by atoms with Crippen molar-refractivity contribution >= 4 is 11.9 Å². The monoisotopic (exact) mass is 433 g/mol. The van der Waals surface area contributed by atoms with E-state index < -0.39 is 5.72 Å². The minimum atomic E-state index is -0.771. The number of amidine groups is 1. The third kappa shape index (κ3) is 3.52. The Balaban J connectivity index is 1.40. The molecular formula is C24H24FN5O2. The zero-order valence-corrected chi connectivity index (χ0v) is 18.0. The summed E-state index contributed by atoms with van der Waals surface area (Å²) in [5, 5.41) is 7.72. The van der Waals surface area contributed by atoms with Crippen molar-refractivity contribution in [1.29, 1.82) is 0 Å². The summed E-state index contributed by atoms with van der Waals surface area (Å²) in [6.45, 7) is 4.05. The number of hydrogen-bond acceptors (Lipinski definition) is 6. The highest BCUT2D eigenvalue weighted by molar-refractivity contribution is 5.97. The van der Waals surface area contributed by atoms with Gasteiger partial charge in [0.05, 0.1) is 31.4 Å². The Kier molecular flexibility index (Phi) is 5.14. The number of aromatic nitrogens is 2. The third-order valence-corrected chi connectivity index (χ3v) is 5.79. The highest BCUT2D eigenvalue weighted by Gasteiger charge is 2.48. The van der Waals surface area contributed by atoms with Gasteiger partial charge in [-0.3, -0.25) is 0 Å². The van der Waals surface area contributed by atoms with E-state index in [1.807, 2.05) is 48.0 Å². The van der Waals surface area contributed by atoms with E-state index in [9.17, 15) is 4.39 Å². The Morgan fingerprint density at radius 3 is 2.78 bits per heavy atom. The van der Waals surface area contributed by atoms with Gasteiger partial charge in [0, 0.05) is 24.8 Å². The molecule has 0 amide bonds. The van der Waals surface area contributed by atoms with Crippen molar-refractivity contribution in [3.05, 3.63) is 83.7 Å². The number of oxime groups is 1. The summed E-state index contributed by atoms with van der Waals surface area (Å²) in [7, 11) is 1.66. The third-order valence-electron chi connectivity index (χ3n) is 5.79. The van der Waals surface area contributed by atoms with Crippen molar-refractivity contribution in [2.45, 2.75) is 12.6 Å². The van der Waals surface area contributed by atoms with Crippen LogP contribution >= 0.6 is 0 Å². The van der Waals surface area contributed by atoms with Crippen molar-refractivity contribution in [2.24, 2.45) is 5.16 Å². The molecule has 3 aromatic rings. The molecular weight excluding hydrogens is 409 g/mol. The summed E-state index contributed by atoms with van der Waals surface area (Å²) in [6, 6.07) is 12.4. The second kappa shape index (κ2) is 8.12. The molecule has 7 nitrogen and oxygen atoms in total. The van der Waals surface area contributed by atoms with Crippen molar-refractivity contribution in [1.82, 2.24) is 19.8 Å². The highest BCUT2D eigenvalue weighted by Crippen LogP contribution is 2.37. The van der Waals surface area contributed by atoms with Gasteiger partial charge in [0.2, 0.25) is 5.72 Å². The van der Waals surface area contributed by atoms with Crippen LogP contribution in [0.15, 0.2) is 66.2 Å². The van der Waals surface area contributed by atoms with Gasteiger partial charge in [-0.15, -0.1) is 0 Å². The molecule has 164 valence electrons. The van der Waals surface area contributed by atoms with Crippen LogP contribution in [0.25, 0.3) is 11.8 Å². The molecule has 5 rings (SSSR count). The molecule has 0 radical (unpaired) electrons. The molecule has 2 aromatic carbocycles. The molecule has 1 unspecified atom stereocenters. The quantitative estimate of drug-likeness (QED) is 0.668. The molecule has 1 saturated heterocycles. The van der Waals surface area contributed by atoms with E-state index in [4.69, 9.17) is 9.57 Å². The van der Waals surface area contributed by atoms with E-state index in [0.717, 1.165) is 47.2 Å². The van der Waals surface area contributed by atoms with E-state index in [1.54, 1.807) is 25.6 Å². The van der Waals surface area contributed by atoms with Crippen molar-refractivity contribution < 1.29 is 14.0 Å². The Hall–Kier alpha value is -3.65. The average molecular weight is 433 g/mol. The Labute approximate surface area is 185 Å². The molecule has 0 aliphatic carbocycles. The number of nitrogens with one attached hydrogen (secondary N) is 1. The van der Waals surface area contributed by atoms with E-state index in [0.29, 0.717) is 6.54 Å². The van der Waals surface area contributed by atoms with Gasteiger partial charge in [0.15, 0.2) is 5.84 Å².